The van der Waals surface area contributed by atoms with E-state index in [1.807, 2.05) is 6.07 Å². The molecule has 0 aliphatic carbocycles. The zero-order valence-electron chi connectivity index (χ0n) is 11.0. The quantitative estimate of drug-likeness (QED) is 0.943. The molecule has 0 spiro atoms. The maximum atomic E-state index is 12.0. The molecule has 0 radical (unpaired) electrons. The third-order valence-electron chi connectivity index (χ3n) is 2.87. The van der Waals surface area contributed by atoms with Crippen LogP contribution in [0.2, 0.25) is 0 Å². The van der Waals surface area contributed by atoms with Gasteiger partial charge in [0.25, 0.3) is 10.0 Å². The zero-order valence-corrected chi connectivity index (χ0v) is 11.8. The summed E-state index contributed by atoms with van der Waals surface area (Å²) in [6.07, 6.45) is 1.51. The molecule has 1 aliphatic heterocycles. The van der Waals surface area contributed by atoms with Crippen molar-refractivity contribution in [3.8, 4) is 11.5 Å². The summed E-state index contributed by atoms with van der Waals surface area (Å²) in [4.78, 5) is 0. The van der Waals surface area contributed by atoms with Gasteiger partial charge in [-0.25, -0.2) is 8.42 Å². The van der Waals surface area contributed by atoms with Crippen LogP contribution < -0.4 is 14.2 Å². The van der Waals surface area contributed by atoms with Crippen molar-refractivity contribution >= 4 is 21.8 Å². The summed E-state index contributed by atoms with van der Waals surface area (Å²) in [5.41, 5.74) is 1.24. The van der Waals surface area contributed by atoms with Crippen LogP contribution in [0.25, 0.3) is 6.08 Å². The summed E-state index contributed by atoms with van der Waals surface area (Å²) in [6, 6.07) is 14.0. The maximum absolute atomic E-state index is 12.0. The average molecular weight is 303 g/mol. The average Bonchev–Trinajstić information content (AvgIpc) is 2.93. The first-order valence-electron chi connectivity index (χ1n) is 6.28. The molecule has 1 heterocycles. The summed E-state index contributed by atoms with van der Waals surface area (Å²) in [5.74, 6) is 1.28. The van der Waals surface area contributed by atoms with Gasteiger partial charge in [-0.15, -0.1) is 0 Å². The van der Waals surface area contributed by atoms with Crippen LogP contribution in [-0.4, -0.2) is 15.2 Å². The van der Waals surface area contributed by atoms with Gasteiger partial charge in [0.15, 0.2) is 11.5 Å². The fourth-order valence-electron chi connectivity index (χ4n) is 1.89. The van der Waals surface area contributed by atoms with Crippen LogP contribution in [0, 0.1) is 0 Å². The van der Waals surface area contributed by atoms with Crippen LogP contribution in [0.15, 0.2) is 53.9 Å². The zero-order chi connectivity index (χ0) is 14.7. The monoisotopic (exact) mass is 303 g/mol. The molecule has 5 nitrogen and oxygen atoms in total. The second-order valence-electron chi connectivity index (χ2n) is 4.43. The molecule has 6 heteroatoms. The Bertz CT molecular complexity index is 770. The van der Waals surface area contributed by atoms with Gasteiger partial charge in [0, 0.05) is 5.69 Å². The number of hydrogen-bond donors (Lipinski definition) is 1. The second-order valence-corrected chi connectivity index (χ2v) is 5.99. The van der Waals surface area contributed by atoms with Gasteiger partial charge in [-0.05, 0) is 35.9 Å². The van der Waals surface area contributed by atoms with E-state index in [0.29, 0.717) is 17.2 Å². The van der Waals surface area contributed by atoms with E-state index in [1.54, 1.807) is 42.5 Å². The van der Waals surface area contributed by atoms with E-state index in [1.165, 1.54) is 6.08 Å². The van der Waals surface area contributed by atoms with Crippen molar-refractivity contribution in [2.45, 2.75) is 0 Å². The number of rotatable bonds is 4. The Morgan fingerprint density at radius 1 is 1.00 bits per heavy atom. The van der Waals surface area contributed by atoms with Gasteiger partial charge in [-0.3, -0.25) is 4.72 Å². The van der Waals surface area contributed by atoms with Gasteiger partial charge >= 0.3 is 0 Å². The molecule has 2 aromatic rings. The maximum Gasteiger partial charge on any atom is 0.255 e. The highest BCUT2D eigenvalue weighted by molar-refractivity contribution is 7.95. The number of ether oxygens (including phenoxy) is 2. The lowest BCUT2D eigenvalue weighted by Crippen LogP contribution is -2.08. The Kier molecular flexibility index (Phi) is 3.53. The summed E-state index contributed by atoms with van der Waals surface area (Å²) in [6.45, 7) is 0.191. The Labute approximate surface area is 122 Å². The van der Waals surface area contributed by atoms with Crippen molar-refractivity contribution < 1.29 is 17.9 Å². The minimum atomic E-state index is -3.55. The number of benzene rings is 2. The molecule has 0 fully saturated rings. The van der Waals surface area contributed by atoms with Crippen molar-refractivity contribution in [2.24, 2.45) is 0 Å². The van der Waals surface area contributed by atoms with E-state index in [9.17, 15) is 8.42 Å². The van der Waals surface area contributed by atoms with Crippen LogP contribution in [0.3, 0.4) is 0 Å². The normalized spacial score (nSPS) is 13.5. The van der Waals surface area contributed by atoms with Gasteiger partial charge in [-0.1, -0.05) is 24.3 Å². The Morgan fingerprint density at radius 2 is 1.76 bits per heavy atom. The van der Waals surface area contributed by atoms with E-state index in [0.717, 1.165) is 11.0 Å². The summed E-state index contributed by atoms with van der Waals surface area (Å²) < 4.78 is 36.8. The van der Waals surface area contributed by atoms with Gasteiger partial charge in [0.05, 0.1) is 5.41 Å². The molecule has 21 heavy (non-hydrogen) atoms. The molecule has 0 bridgehead atoms. The molecule has 3 rings (SSSR count). The van der Waals surface area contributed by atoms with Crippen molar-refractivity contribution in [3.05, 3.63) is 59.5 Å². The van der Waals surface area contributed by atoms with E-state index in [2.05, 4.69) is 4.72 Å². The molecule has 0 unspecified atom stereocenters. The Morgan fingerprint density at radius 3 is 2.57 bits per heavy atom. The molecule has 0 amide bonds. The first-order chi connectivity index (χ1) is 10.1. The number of para-hydroxylation sites is 1. The SMILES string of the molecule is O=S(=O)(C=Cc1ccc2c(c1)OCO2)Nc1ccccc1. The fourth-order valence-corrected chi connectivity index (χ4v) is 2.76. The van der Waals surface area contributed by atoms with Gasteiger partial charge in [0.1, 0.15) is 0 Å². The van der Waals surface area contributed by atoms with E-state index in [-0.39, 0.29) is 6.79 Å². The molecule has 1 N–H and O–H groups in total. The smallest absolute Gasteiger partial charge is 0.255 e. The van der Waals surface area contributed by atoms with Crippen LogP contribution in [-0.2, 0) is 10.0 Å². The van der Waals surface area contributed by atoms with Gasteiger partial charge in [-0.2, -0.15) is 0 Å². The molecule has 0 saturated heterocycles. The highest BCUT2D eigenvalue weighted by Crippen LogP contribution is 2.32. The van der Waals surface area contributed by atoms with Gasteiger partial charge in [0.2, 0.25) is 6.79 Å². The van der Waals surface area contributed by atoms with Crippen molar-refractivity contribution in [1.82, 2.24) is 0 Å². The number of anilines is 1. The summed E-state index contributed by atoms with van der Waals surface area (Å²) in [7, 11) is -3.55. The topological polar surface area (TPSA) is 64.6 Å². The number of sulfonamides is 1. The predicted octanol–water partition coefficient (Wildman–Crippen LogP) is 2.83. The fraction of sp³-hybridized carbons (Fsp3) is 0.0667. The van der Waals surface area contributed by atoms with Gasteiger partial charge < -0.3 is 9.47 Å². The highest BCUT2D eigenvalue weighted by Gasteiger charge is 2.12. The summed E-state index contributed by atoms with van der Waals surface area (Å²) in [5, 5.41) is 1.12. The molecule has 0 atom stereocenters. The third kappa shape index (κ3) is 3.35. The minimum Gasteiger partial charge on any atom is -0.454 e. The lowest BCUT2D eigenvalue weighted by Gasteiger charge is -2.03. The number of nitrogens with one attached hydrogen (secondary N) is 1. The lowest BCUT2D eigenvalue weighted by molar-refractivity contribution is 0.174. The van der Waals surface area contributed by atoms with Crippen molar-refractivity contribution in [3.63, 3.8) is 0 Å². The molecule has 1 aliphatic rings. The van der Waals surface area contributed by atoms with Crippen LogP contribution >= 0.6 is 0 Å². The number of fused-ring (bicyclic) bond motifs is 1. The van der Waals surface area contributed by atoms with E-state index < -0.39 is 10.0 Å². The third-order valence-corrected chi connectivity index (χ3v) is 3.88. The Balaban J connectivity index is 1.76. The predicted molar refractivity (Wildman–Crippen MR) is 80.6 cm³/mol. The standard InChI is InChI=1S/C15H13NO4S/c17-21(18,16-13-4-2-1-3-5-13)9-8-12-6-7-14-15(10-12)20-11-19-14/h1-10,16H,11H2. The lowest BCUT2D eigenvalue weighted by atomic mass is 10.2. The number of hydrogen-bond acceptors (Lipinski definition) is 4. The van der Waals surface area contributed by atoms with E-state index >= 15 is 0 Å². The van der Waals surface area contributed by atoms with E-state index in [4.69, 9.17) is 9.47 Å². The summed E-state index contributed by atoms with van der Waals surface area (Å²) >= 11 is 0. The van der Waals surface area contributed by atoms with Crippen LogP contribution in [0.4, 0.5) is 5.69 Å². The molecule has 0 aromatic heterocycles. The highest BCUT2D eigenvalue weighted by atomic mass is 32.2. The first-order valence-corrected chi connectivity index (χ1v) is 7.83. The molecule has 2 aromatic carbocycles. The first kappa shape index (κ1) is 13.5. The Hall–Kier alpha value is -2.47. The van der Waals surface area contributed by atoms with Crippen LogP contribution in [0.5, 0.6) is 11.5 Å². The van der Waals surface area contributed by atoms with Crippen molar-refractivity contribution in [1.29, 1.82) is 0 Å². The molecular formula is C15H13NO4S. The largest absolute Gasteiger partial charge is 0.454 e. The molecule has 108 valence electrons. The molecule has 0 saturated carbocycles. The molecular weight excluding hydrogens is 290 g/mol. The second kappa shape index (κ2) is 5.49. The van der Waals surface area contributed by atoms with Crippen LogP contribution in [0.1, 0.15) is 5.56 Å². The van der Waals surface area contributed by atoms with Crippen molar-refractivity contribution in [2.75, 3.05) is 11.5 Å². The minimum absolute atomic E-state index is 0.191.